The van der Waals surface area contributed by atoms with E-state index in [0.717, 1.165) is 25.9 Å². The van der Waals surface area contributed by atoms with Crippen LogP contribution in [0.25, 0.3) is 0 Å². The molecule has 0 radical (unpaired) electrons. The van der Waals surface area contributed by atoms with Crippen molar-refractivity contribution in [2.24, 2.45) is 0 Å². The van der Waals surface area contributed by atoms with Gasteiger partial charge in [0, 0.05) is 0 Å². The van der Waals surface area contributed by atoms with Crippen molar-refractivity contribution in [3.05, 3.63) is 35.4 Å². The molecule has 1 aliphatic rings. The topological polar surface area (TPSA) is 20.3 Å². The summed E-state index contributed by atoms with van der Waals surface area (Å²) in [6.45, 7) is 10.4. The minimum absolute atomic E-state index is 0.161. The van der Waals surface area contributed by atoms with Gasteiger partial charge in [-0.3, -0.25) is 4.79 Å². The fourth-order valence-electron chi connectivity index (χ4n) is 3.13. The van der Waals surface area contributed by atoms with E-state index in [1.165, 1.54) is 11.1 Å². The Morgan fingerprint density at radius 1 is 1.10 bits per heavy atom. The smallest absolute Gasteiger partial charge is 0.140 e. The highest BCUT2D eigenvalue weighted by Gasteiger charge is 2.39. The maximum absolute atomic E-state index is 12.3. The molecule has 0 unspecified atom stereocenters. The number of Topliss-reactive ketones (excluding diaryl/α,β-unsaturated/α-hetero) is 1. The Balaban J connectivity index is 2.34. The summed E-state index contributed by atoms with van der Waals surface area (Å²) in [6, 6.07) is 8.73. The van der Waals surface area contributed by atoms with E-state index in [2.05, 4.69) is 57.0 Å². The second kappa shape index (κ2) is 5.33. The second-order valence-electron chi connectivity index (χ2n) is 7.27. The standard InChI is InChI=1S/C18H27NO/c1-14(20)18(10-12-19(5)13-11-18)16-8-6-15(7-9-16)17(2,3)4/h6-9H,10-13H2,1-5H3. The molecule has 0 saturated carbocycles. The molecule has 1 fully saturated rings. The average molecular weight is 273 g/mol. The molecule has 20 heavy (non-hydrogen) atoms. The lowest BCUT2D eigenvalue weighted by Crippen LogP contribution is -2.45. The van der Waals surface area contributed by atoms with Gasteiger partial charge in [-0.05, 0) is 56.4 Å². The van der Waals surface area contributed by atoms with E-state index < -0.39 is 0 Å². The van der Waals surface area contributed by atoms with Crippen molar-refractivity contribution in [2.45, 2.75) is 51.4 Å². The number of rotatable bonds is 2. The van der Waals surface area contributed by atoms with Crippen LogP contribution in [0.15, 0.2) is 24.3 Å². The Morgan fingerprint density at radius 2 is 1.60 bits per heavy atom. The van der Waals surface area contributed by atoms with Gasteiger partial charge in [0.25, 0.3) is 0 Å². The number of hydrogen-bond donors (Lipinski definition) is 0. The van der Waals surface area contributed by atoms with Crippen LogP contribution in [-0.2, 0) is 15.6 Å². The lowest BCUT2D eigenvalue weighted by atomic mass is 9.69. The van der Waals surface area contributed by atoms with Crippen molar-refractivity contribution in [1.82, 2.24) is 4.90 Å². The largest absolute Gasteiger partial charge is 0.306 e. The maximum atomic E-state index is 12.3. The predicted molar refractivity (Wildman–Crippen MR) is 84.2 cm³/mol. The molecule has 0 aromatic heterocycles. The third kappa shape index (κ3) is 2.80. The highest BCUT2D eigenvalue weighted by molar-refractivity contribution is 5.88. The second-order valence-corrected chi connectivity index (χ2v) is 7.27. The maximum Gasteiger partial charge on any atom is 0.140 e. The molecule has 2 heteroatoms. The molecule has 0 bridgehead atoms. The zero-order chi connectivity index (χ0) is 15.0. The van der Waals surface area contributed by atoms with Crippen LogP contribution in [-0.4, -0.2) is 30.8 Å². The van der Waals surface area contributed by atoms with Gasteiger partial charge >= 0.3 is 0 Å². The lowest BCUT2D eigenvalue weighted by Gasteiger charge is -2.39. The third-order valence-electron chi connectivity index (χ3n) is 4.82. The molecule has 2 nitrogen and oxygen atoms in total. The molecule has 0 atom stereocenters. The zero-order valence-electron chi connectivity index (χ0n) is 13.5. The molecule has 110 valence electrons. The molecule has 1 heterocycles. The molecule has 1 aliphatic heterocycles. The van der Waals surface area contributed by atoms with Crippen molar-refractivity contribution < 1.29 is 4.79 Å². The van der Waals surface area contributed by atoms with Crippen LogP contribution in [0.5, 0.6) is 0 Å². The Kier molecular flexibility index (Phi) is 4.06. The van der Waals surface area contributed by atoms with Gasteiger partial charge in [0.2, 0.25) is 0 Å². The highest BCUT2D eigenvalue weighted by Crippen LogP contribution is 2.37. The molecule has 1 aromatic rings. The monoisotopic (exact) mass is 273 g/mol. The van der Waals surface area contributed by atoms with Crippen LogP contribution in [0.3, 0.4) is 0 Å². The summed E-state index contributed by atoms with van der Waals surface area (Å²) in [6.07, 6.45) is 1.88. The number of benzene rings is 1. The first kappa shape index (κ1) is 15.2. The third-order valence-corrected chi connectivity index (χ3v) is 4.82. The van der Waals surface area contributed by atoms with Crippen LogP contribution in [0.4, 0.5) is 0 Å². The molecule has 2 rings (SSSR count). The van der Waals surface area contributed by atoms with Crippen LogP contribution in [0.2, 0.25) is 0 Å². The molecule has 0 spiro atoms. The van der Waals surface area contributed by atoms with E-state index in [9.17, 15) is 4.79 Å². The van der Waals surface area contributed by atoms with Crippen LogP contribution in [0, 0.1) is 0 Å². The summed E-state index contributed by atoms with van der Waals surface area (Å²) < 4.78 is 0. The number of piperidine rings is 1. The molecule has 0 N–H and O–H groups in total. The normalized spacial score (nSPS) is 19.9. The van der Waals surface area contributed by atoms with Crippen LogP contribution < -0.4 is 0 Å². The molecular formula is C18H27NO. The summed E-state index contributed by atoms with van der Waals surface area (Å²) in [4.78, 5) is 14.6. The fraction of sp³-hybridized carbons (Fsp3) is 0.611. The number of nitrogens with zero attached hydrogens (tertiary/aromatic N) is 1. The Bertz CT molecular complexity index is 473. The van der Waals surface area contributed by atoms with Gasteiger partial charge in [-0.25, -0.2) is 0 Å². The predicted octanol–water partition coefficient (Wildman–Crippen LogP) is 3.54. The van der Waals surface area contributed by atoms with Gasteiger partial charge in [-0.1, -0.05) is 45.0 Å². The first-order valence-electron chi connectivity index (χ1n) is 7.56. The minimum atomic E-state index is -0.261. The first-order valence-corrected chi connectivity index (χ1v) is 7.56. The number of likely N-dealkylation sites (tertiary alicyclic amines) is 1. The van der Waals surface area contributed by atoms with E-state index in [-0.39, 0.29) is 10.8 Å². The van der Waals surface area contributed by atoms with Crippen molar-refractivity contribution in [2.75, 3.05) is 20.1 Å². The fourth-order valence-corrected chi connectivity index (χ4v) is 3.13. The Labute approximate surface area is 123 Å². The van der Waals surface area contributed by atoms with E-state index in [1.54, 1.807) is 6.92 Å². The number of carbonyl (C=O) groups is 1. The van der Waals surface area contributed by atoms with E-state index in [0.29, 0.717) is 5.78 Å². The van der Waals surface area contributed by atoms with Crippen molar-refractivity contribution >= 4 is 5.78 Å². The quantitative estimate of drug-likeness (QED) is 0.821. The van der Waals surface area contributed by atoms with E-state index >= 15 is 0 Å². The zero-order valence-corrected chi connectivity index (χ0v) is 13.5. The van der Waals surface area contributed by atoms with Gasteiger partial charge in [0.15, 0.2) is 0 Å². The number of carbonyl (C=O) groups excluding carboxylic acids is 1. The van der Waals surface area contributed by atoms with E-state index in [1.807, 2.05) is 0 Å². The van der Waals surface area contributed by atoms with Crippen LogP contribution >= 0.6 is 0 Å². The van der Waals surface area contributed by atoms with E-state index in [4.69, 9.17) is 0 Å². The van der Waals surface area contributed by atoms with Gasteiger partial charge in [0.1, 0.15) is 5.78 Å². The summed E-state index contributed by atoms with van der Waals surface area (Å²) in [5, 5.41) is 0. The SMILES string of the molecule is CC(=O)C1(c2ccc(C(C)(C)C)cc2)CCN(C)CC1. The van der Waals surface area contributed by atoms with Gasteiger partial charge in [0.05, 0.1) is 5.41 Å². The molecule has 1 saturated heterocycles. The van der Waals surface area contributed by atoms with Crippen molar-refractivity contribution in [1.29, 1.82) is 0 Å². The van der Waals surface area contributed by atoms with Gasteiger partial charge in [-0.15, -0.1) is 0 Å². The highest BCUT2D eigenvalue weighted by atomic mass is 16.1. The van der Waals surface area contributed by atoms with Gasteiger partial charge < -0.3 is 4.90 Å². The van der Waals surface area contributed by atoms with Crippen molar-refractivity contribution in [3.63, 3.8) is 0 Å². The minimum Gasteiger partial charge on any atom is -0.306 e. The molecule has 0 aliphatic carbocycles. The van der Waals surface area contributed by atoms with Crippen LogP contribution in [0.1, 0.15) is 51.7 Å². The number of ketones is 1. The molecule has 0 amide bonds. The number of hydrogen-bond acceptors (Lipinski definition) is 2. The Morgan fingerprint density at radius 3 is 2.00 bits per heavy atom. The lowest BCUT2D eigenvalue weighted by molar-refractivity contribution is -0.124. The molecular weight excluding hydrogens is 246 g/mol. The average Bonchev–Trinajstić information content (AvgIpc) is 2.39. The summed E-state index contributed by atoms with van der Waals surface area (Å²) in [7, 11) is 2.13. The van der Waals surface area contributed by atoms with Crippen molar-refractivity contribution in [3.8, 4) is 0 Å². The Hall–Kier alpha value is -1.15. The summed E-state index contributed by atoms with van der Waals surface area (Å²) in [5.41, 5.74) is 2.43. The first-order chi connectivity index (χ1) is 9.25. The molecule has 1 aromatic carbocycles. The summed E-state index contributed by atoms with van der Waals surface area (Å²) in [5.74, 6) is 0.314. The van der Waals surface area contributed by atoms with Gasteiger partial charge in [-0.2, -0.15) is 0 Å². The summed E-state index contributed by atoms with van der Waals surface area (Å²) >= 11 is 0.